The maximum atomic E-state index is 15.0. The standard InChI is InChI=1S/C29H38Cl2FN3O4/c1-16(37)23(38)9-10-34-27(39)26-25(17-7-6-8-18(30)11-17)29(15-36,24(35-26)14-28(2,3)4)19-12-21(32)20(31)13-22(19)33-5/h6-8,11-13,15-16,23-26,33,35,37-38H,9-10,14H2,1-5H3,(H,34,39)/t16?,23?,24-,25+,26-,29-/m1/s1. The number of halogens is 3. The van der Waals surface area contributed by atoms with E-state index in [2.05, 4.69) is 16.0 Å². The predicted octanol–water partition coefficient (Wildman–Crippen LogP) is 4.42. The Balaban J connectivity index is 2.23. The molecule has 0 saturated carbocycles. The van der Waals surface area contributed by atoms with Crippen LogP contribution in [0, 0.1) is 11.2 Å². The highest BCUT2D eigenvalue weighted by Gasteiger charge is 2.60. The van der Waals surface area contributed by atoms with Crippen molar-refractivity contribution in [3.63, 3.8) is 0 Å². The fourth-order valence-corrected chi connectivity index (χ4v) is 5.92. The lowest BCUT2D eigenvalue weighted by Crippen LogP contribution is -2.47. The highest BCUT2D eigenvalue weighted by atomic mass is 35.5. The molecule has 214 valence electrons. The van der Waals surface area contributed by atoms with Crippen LogP contribution in [0.15, 0.2) is 36.4 Å². The van der Waals surface area contributed by atoms with Crippen molar-refractivity contribution in [2.24, 2.45) is 5.41 Å². The molecule has 1 amide bonds. The molecule has 0 spiro atoms. The summed E-state index contributed by atoms with van der Waals surface area (Å²) in [6.07, 6.45) is -0.488. The van der Waals surface area contributed by atoms with E-state index in [0.29, 0.717) is 28.3 Å². The number of nitrogens with one attached hydrogen (secondary N) is 3. The molecule has 7 nitrogen and oxygen atoms in total. The number of aliphatic hydroxyl groups is 2. The molecule has 0 aromatic heterocycles. The average molecular weight is 583 g/mol. The third-order valence-electron chi connectivity index (χ3n) is 7.40. The fraction of sp³-hybridized carbons (Fsp3) is 0.517. The summed E-state index contributed by atoms with van der Waals surface area (Å²) >= 11 is 12.5. The lowest BCUT2D eigenvalue weighted by atomic mass is 9.62. The molecule has 0 aliphatic carbocycles. The van der Waals surface area contributed by atoms with Crippen molar-refractivity contribution in [3.8, 4) is 0 Å². The minimum Gasteiger partial charge on any atom is -0.391 e. The highest BCUT2D eigenvalue weighted by Crippen LogP contribution is 2.52. The van der Waals surface area contributed by atoms with Gasteiger partial charge in [0.25, 0.3) is 0 Å². The summed E-state index contributed by atoms with van der Waals surface area (Å²) < 4.78 is 15.0. The number of amides is 1. The number of hydrogen-bond acceptors (Lipinski definition) is 6. The summed E-state index contributed by atoms with van der Waals surface area (Å²) in [5, 5.41) is 29.2. The molecule has 1 heterocycles. The Bertz CT molecular complexity index is 1190. The summed E-state index contributed by atoms with van der Waals surface area (Å²) in [4.78, 5) is 27.2. The van der Waals surface area contributed by atoms with Gasteiger partial charge in [0.15, 0.2) is 0 Å². The minimum absolute atomic E-state index is 0.0901. The van der Waals surface area contributed by atoms with E-state index < -0.39 is 41.4 Å². The number of rotatable bonds is 10. The molecule has 2 unspecified atom stereocenters. The van der Waals surface area contributed by atoms with Gasteiger partial charge < -0.3 is 31.0 Å². The SMILES string of the molecule is CNc1cc(Cl)c(F)cc1[C@]1(C=O)[C@@H](CC(C)(C)C)N[C@@H](C(=O)NCCC(O)C(C)O)[C@@H]1c1cccc(Cl)c1. The zero-order valence-corrected chi connectivity index (χ0v) is 24.4. The number of hydrogen-bond donors (Lipinski definition) is 5. The quantitative estimate of drug-likeness (QED) is 0.266. The first-order chi connectivity index (χ1) is 18.2. The van der Waals surface area contributed by atoms with E-state index in [-0.39, 0.29) is 29.3 Å². The third kappa shape index (κ3) is 6.74. The zero-order chi connectivity index (χ0) is 29.1. The van der Waals surface area contributed by atoms with Gasteiger partial charge >= 0.3 is 0 Å². The topological polar surface area (TPSA) is 111 Å². The first kappa shape index (κ1) is 31.3. The zero-order valence-electron chi connectivity index (χ0n) is 22.9. The Labute approximate surface area is 239 Å². The smallest absolute Gasteiger partial charge is 0.237 e. The van der Waals surface area contributed by atoms with Crippen molar-refractivity contribution in [1.29, 1.82) is 0 Å². The van der Waals surface area contributed by atoms with Crippen LogP contribution in [0.3, 0.4) is 0 Å². The molecule has 5 N–H and O–H groups in total. The molecule has 10 heteroatoms. The van der Waals surface area contributed by atoms with E-state index in [9.17, 15) is 19.8 Å². The first-order valence-electron chi connectivity index (χ1n) is 13.0. The van der Waals surface area contributed by atoms with Crippen LogP contribution in [0.4, 0.5) is 10.1 Å². The van der Waals surface area contributed by atoms with Gasteiger partial charge in [-0.1, -0.05) is 56.1 Å². The van der Waals surface area contributed by atoms with E-state index in [0.717, 1.165) is 6.29 Å². The van der Waals surface area contributed by atoms with Crippen molar-refractivity contribution in [2.45, 2.75) is 76.2 Å². The minimum atomic E-state index is -1.39. The van der Waals surface area contributed by atoms with Crippen molar-refractivity contribution >= 4 is 41.1 Å². The normalized spacial score (nSPS) is 24.7. The molecule has 0 radical (unpaired) electrons. The summed E-state index contributed by atoms with van der Waals surface area (Å²) in [5.41, 5.74) is -0.151. The van der Waals surface area contributed by atoms with Crippen LogP contribution in [0.5, 0.6) is 0 Å². The lowest BCUT2D eigenvalue weighted by molar-refractivity contribution is -0.123. The summed E-state index contributed by atoms with van der Waals surface area (Å²) in [6.45, 7) is 7.68. The summed E-state index contributed by atoms with van der Waals surface area (Å²) in [7, 11) is 1.67. The van der Waals surface area contributed by atoms with Crippen LogP contribution >= 0.6 is 23.2 Å². The second-order valence-corrected chi connectivity index (χ2v) is 12.3. The van der Waals surface area contributed by atoms with Gasteiger partial charge in [0.1, 0.15) is 12.1 Å². The van der Waals surface area contributed by atoms with Crippen LogP contribution in [0.25, 0.3) is 0 Å². The Morgan fingerprint density at radius 1 is 1.23 bits per heavy atom. The molecule has 1 aliphatic rings. The van der Waals surface area contributed by atoms with Crippen LogP contribution < -0.4 is 16.0 Å². The molecule has 2 aromatic rings. The van der Waals surface area contributed by atoms with Crippen molar-refractivity contribution in [2.75, 3.05) is 18.9 Å². The van der Waals surface area contributed by atoms with Gasteiger partial charge in [-0.2, -0.15) is 0 Å². The molecule has 1 aliphatic heterocycles. The average Bonchev–Trinajstić information content (AvgIpc) is 3.18. The Kier molecular flexibility index (Phi) is 10.0. The van der Waals surface area contributed by atoms with Gasteiger partial charge in [-0.05, 0) is 60.6 Å². The van der Waals surface area contributed by atoms with E-state index in [4.69, 9.17) is 23.2 Å². The lowest BCUT2D eigenvalue weighted by Gasteiger charge is -2.39. The van der Waals surface area contributed by atoms with Gasteiger partial charge in [0, 0.05) is 36.3 Å². The number of aldehydes is 1. The monoisotopic (exact) mass is 581 g/mol. The number of anilines is 1. The van der Waals surface area contributed by atoms with Crippen LogP contribution in [0.2, 0.25) is 10.0 Å². The van der Waals surface area contributed by atoms with Gasteiger partial charge in [-0.15, -0.1) is 0 Å². The van der Waals surface area contributed by atoms with E-state index in [1.807, 2.05) is 20.8 Å². The molecule has 1 saturated heterocycles. The molecule has 0 bridgehead atoms. The molecule has 1 fully saturated rings. The molecule has 39 heavy (non-hydrogen) atoms. The van der Waals surface area contributed by atoms with Crippen LogP contribution in [0.1, 0.15) is 57.6 Å². The predicted molar refractivity (Wildman–Crippen MR) is 153 cm³/mol. The number of benzene rings is 2. The highest BCUT2D eigenvalue weighted by molar-refractivity contribution is 6.31. The third-order valence-corrected chi connectivity index (χ3v) is 7.92. The van der Waals surface area contributed by atoms with Gasteiger partial charge in [0.2, 0.25) is 5.91 Å². The number of carbonyl (C=O) groups excluding carboxylic acids is 2. The largest absolute Gasteiger partial charge is 0.391 e. The summed E-state index contributed by atoms with van der Waals surface area (Å²) in [6, 6.07) is 8.24. The van der Waals surface area contributed by atoms with Gasteiger partial charge in [-0.25, -0.2) is 4.39 Å². The van der Waals surface area contributed by atoms with Crippen molar-refractivity contribution in [1.82, 2.24) is 10.6 Å². The van der Waals surface area contributed by atoms with Gasteiger partial charge in [0.05, 0.1) is 28.7 Å². The molecule has 2 aromatic carbocycles. The van der Waals surface area contributed by atoms with Crippen LogP contribution in [-0.2, 0) is 15.0 Å². The molecule has 6 atom stereocenters. The van der Waals surface area contributed by atoms with E-state index >= 15 is 4.39 Å². The molecule has 3 rings (SSSR count). The second-order valence-electron chi connectivity index (χ2n) is 11.5. The fourth-order valence-electron chi connectivity index (χ4n) is 5.56. The van der Waals surface area contributed by atoms with E-state index in [1.165, 1.54) is 19.1 Å². The second kappa shape index (κ2) is 12.5. The molecular weight excluding hydrogens is 544 g/mol. The Morgan fingerprint density at radius 3 is 2.49 bits per heavy atom. The van der Waals surface area contributed by atoms with Crippen molar-refractivity contribution < 1.29 is 24.2 Å². The Morgan fingerprint density at radius 2 is 1.92 bits per heavy atom. The Hall–Kier alpha value is -2.23. The maximum Gasteiger partial charge on any atom is 0.237 e. The first-order valence-corrected chi connectivity index (χ1v) is 13.8. The number of aliphatic hydroxyl groups excluding tert-OH is 2. The maximum absolute atomic E-state index is 15.0. The van der Waals surface area contributed by atoms with Crippen LogP contribution in [-0.4, -0.2) is 60.3 Å². The summed E-state index contributed by atoms with van der Waals surface area (Å²) in [5.74, 6) is -1.83. The van der Waals surface area contributed by atoms with E-state index in [1.54, 1.807) is 31.3 Å². The number of carbonyl (C=O) groups is 2. The van der Waals surface area contributed by atoms with Crippen molar-refractivity contribution in [3.05, 3.63) is 63.4 Å². The molecular formula is C29H38Cl2FN3O4. The van der Waals surface area contributed by atoms with Gasteiger partial charge in [-0.3, -0.25) is 4.79 Å².